The van der Waals surface area contributed by atoms with Crippen LogP contribution < -0.4 is 0 Å². The third-order valence-electron chi connectivity index (χ3n) is 4.70. The molecule has 2 aliphatic carbocycles. The van der Waals surface area contributed by atoms with Crippen molar-refractivity contribution in [2.24, 2.45) is 23.2 Å². The molecule has 2 heteroatoms. The quantitative estimate of drug-likeness (QED) is 0.529. The van der Waals surface area contributed by atoms with Crippen molar-refractivity contribution < 1.29 is 24.6 Å². The Bertz CT molecular complexity index is 229. The van der Waals surface area contributed by atoms with Crippen molar-refractivity contribution in [3.63, 3.8) is 0 Å². The summed E-state index contributed by atoms with van der Waals surface area (Å²) in [5, 5.41) is 0. The minimum atomic E-state index is 0. The number of carbonyl (C=O) groups excluding carboxylic acids is 1. The first-order valence-corrected chi connectivity index (χ1v) is 5.97. The van der Waals surface area contributed by atoms with Crippen molar-refractivity contribution in [2.45, 2.75) is 46.0 Å². The standard InChI is InChI=1S/C13H21O.Os/c1-10(9-14)12-7-6-11-5-3-4-8-13(11,12)2;/h5,9-12H,3-4,6-8H2,1-2H3;/q-1;+1/t10-,11?,12?,13-;/m0./s1. The fourth-order valence-electron chi connectivity index (χ4n) is 3.81. The van der Waals surface area contributed by atoms with Gasteiger partial charge in [-0.25, -0.2) is 0 Å². The van der Waals surface area contributed by atoms with E-state index in [0.29, 0.717) is 11.3 Å². The van der Waals surface area contributed by atoms with Crippen molar-refractivity contribution in [3.05, 3.63) is 6.42 Å². The molecule has 0 aromatic rings. The van der Waals surface area contributed by atoms with Crippen LogP contribution in [0.25, 0.3) is 0 Å². The molecule has 2 fully saturated rings. The van der Waals surface area contributed by atoms with Gasteiger partial charge >= 0.3 is 19.8 Å². The van der Waals surface area contributed by atoms with Crippen LogP contribution in [0.1, 0.15) is 46.0 Å². The Morgan fingerprint density at radius 2 is 2.20 bits per heavy atom. The van der Waals surface area contributed by atoms with Gasteiger partial charge in [0.2, 0.25) is 0 Å². The molecule has 1 nitrogen and oxygen atoms in total. The summed E-state index contributed by atoms with van der Waals surface area (Å²) >= 11 is 0. The molecule has 0 aromatic carbocycles. The first kappa shape index (κ1) is 13.4. The second-order valence-corrected chi connectivity index (χ2v) is 5.42. The number of hydrogen-bond donors (Lipinski definition) is 0. The molecule has 2 saturated carbocycles. The molecule has 4 atom stereocenters. The first-order chi connectivity index (χ1) is 6.68. The molecular weight excluding hydrogens is 362 g/mol. The average molecular weight is 384 g/mol. The minimum absolute atomic E-state index is 0. The molecule has 0 bridgehead atoms. The maximum atomic E-state index is 10.9. The summed E-state index contributed by atoms with van der Waals surface area (Å²) in [7, 11) is 0. The van der Waals surface area contributed by atoms with Gasteiger partial charge in [0.05, 0.1) is 0 Å². The van der Waals surface area contributed by atoms with Gasteiger partial charge in [0, 0.05) is 5.92 Å². The fourth-order valence-corrected chi connectivity index (χ4v) is 3.81. The van der Waals surface area contributed by atoms with Gasteiger partial charge < -0.3 is 11.2 Å². The van der Waals surface area contributed by atoms with Crippen LogP contribution in [-0.2, 0) is 24.6 Å². The molecule has 2 aliphatic rings. The van der Waals surface area contributed by atoms with Crippen LogP contribution in [0.4, 0.5) is 0 Å². The summed E-state index contributed by atoms with van der Waals surface area (Å²) in [5.74, 6) is 1.70. The molecule has 0 amide bonds. The van der Waals surface area contributed by atoms with E-state index >= 15 is 0 Å². The Hall–Kier alpha value is 0.306. The van der Waals surface area contributed by atoms with Gasteiger partial charge in [-0.3, -0.25) is 0 Å². The second-order valence-electron chi connectivity index (χ2n) is 5.42. The number of rotatable bonds is 2. The Balaban J connectivity index is 0.00000112. The van der Waals surface area contributed by atoms with E-state index in [1.54, 1.807) is 0 Å². The zero-order chi connectivity index (χ0) is 10.2. The van der Waals surface area contributed by atoms with Gasteiger partial charge in [0.1, 0.15) is 6.29 Å². The SMILES string of the molecule is C[C@@H](C=O)C1CCC2[CH-]CCC[C@@]21C.[Os+]. The molecule has 0 aromatic heterocycles. The normalized spacial score (nSPS) is 41.5. The number of hydrogen-bond acceptors (Lipinski definition) is 1. The first-order valence-electron chi connectivity index (χ1n) is 5.97. The Kier molecular flexibility index (Phi) is 4.54. The Morgan fingerprint density at radius 3 is 2.87 bits per heavy atom. The van der Waals surface area contributed by atoms with Gasteiger partial charge in [0.25, 0.3) is 0 Å². The summed E-state index contributed by atoms with van der Waals surface area (Å²) in [6.07, 6.45) is 10.2. The Morgan fingerprint density at radius 1 is 1.47 bits per heavy atom. The van der Waals surface area contributed by atoms with Gasteiger partial charge in [-0.1, -0.05) is 44.9 Å². The van der Waals surface area contributed by atoms with E-state index in [1.165, 1.54) is 32.1 Å². The van der Waals surface area contributed by atoms with Gasteiger partial charge in [-0.05, 0) is 5.92 Å². The van der Waals surface area contributed by atoms with E-state index in [-0.39, 0.29) is 25.7 Å². The molecule has 87 valence electrons. The van der Waals surface area contributed by atoms with E-state index in [2.05, 4.69) is 20.3 Å². The van der Waals surface area contributed by atoms with Crippen molar-refractivity contribution in [1.82, 2.24) is 0 Å². The second kappa shape index (κ2) is 5.09. The molecule has 0 saturated heterocycles. The van der Waals surface area contributed by atoms with Crippen LogP contribution in [0.15, 0.2) is 0 Å². The maximum Gasteiger partial charge on any atom is 1.00 e. The van der Waals surface area contributed by atoms with E-state index < -0.39 is 0 Å². The molecule has 0 N–H and O–H groups in total. The van der Waals surface area contributed by atoms with Gasteiger partial charge in [-0.15, -0.1) is 0 Å². The van der Waals surface area contributed by atoms with Gasteiger partial charge in [-0.2, -0.15) is 12.3 Å². The summed E-state index contributed by atoms with van der Waals surface area (Å²) in [6, 6.07) is 0. The number of aldehydes is 1. The predicted octanol–water partition coefficient (Wildman–Crippen LogP) is 3.24. The molecular formula is C13H21OOs. The van der Waals surface area contributed by atoms with Crippen LogP contribution >= 0.6 is 0 Å². The third-order valence-corrected chi connectivity index (χ3v) is 4.70. The van der Waals surface area contributed by atoms with Crippen molar-refractivity contribution in [2.75, 3.05) is 0 Å². The van der Waals surface area contributed by atoms with E-state index in [4.69, 9.17) is 0 Å². The molecule has 0 heterocycles. The van der Waals surface area contributed by atoms with Crippen molar-refractivity contribution >= 4 is 6.29 Å². The third kappa shape index (κ3) is 2.21. The van der Waals surface area contributed by atoms with E-state index in [0.717, 1.165) is 12.2 Å². The molecule has 0 aliphatic heterocycles. The number of carbonyl (C=O) groups is 1. The minimum Gasteiger partial charge on any atom is -0.325 e. The topological polar surface area (TPSA) is 17.1 Å². The molecule has 2 rings (SSSR count). The summed E-state index contributed by atoms with van der Waals surface area (Å²) in [4.78, 5) is 10.9. The largest absolute Gasteiger partial charge is 1.00 e. The zero-order valence-electron chi connectivity index (χ0n) is 9.68. The summed E-state index contributed by atoms with van der Waals surface area (Å²) in [6.45, 7) is 4.50. The van der Waals surface area contributed by atoms with Crippen LogP contribution in [0, 0.1) is 29.6 Å². The smallest absolute Gasteiger partial charge is 0.325 e. The molecule has 0 spiro atoms. The van der Waals surface area contributed by atoms with Crippen molar-refractivity contribution in [1.29, 1.82) is 0 Å². The van der Waals surface area contributed by atoms with Crippen LogP contribution in [0.5, 0.6) is 0 Å². The van der Waals surface area contributed by atoms with Crippen LogP contribution in [-0.4, -0.2) is 6.29 Å². The van der Waals surface area contributed by atoms with Crippen LogP contribution in [0.2, 0.25) is 0 Å². The molecule has 1 radical (unpaired) electrons. The monoisotopic (exact) mass is 385 g/mol. The molecule has 2 unspecified atom stereocenters. The van der Waals surface area contributed by atoms with Gasteiger partial charge in [0.15, 0.2) is 0 Å². The van der Waals surface area contributed by atoms with Crippen molar-refractivity contribution in [3.8, 4) is 0 Å². The van der Waals surface area contributed by atoms with E-state index in [9.17, 15) is 4.79 Å². The Labute approximate surface area is 106 Å². The maximum absolute atomic E-state index is 10.9. The average Bonchev–Trinajstić information content (AvgIpc) is 2.54. The summed E-state index contributed by atoms with van der Waals surface area (Å²) < 4.78 is 0. The van der Waals surface area contributed by atoms with E-state index in [1.807, 2.05) is 0 Å². The summed E-state index contributed by atoms with van der Waals surface area (Å²) in [5.41, 5.74) is 0.443. The number of fused-ring (bicyclic) bond motifs is 1. The predicted molar refractivity (Wildman–Crippen MR) is 57.7 cm³/mol. The zero-order valence-corrected chi connectivity index (χ0v) is 12.2. The fraction of sp³-hybridized carbons (Fsp3) is 0.846. The molecule has 15 heavy (non-hydrogen) atoms. The van der Waals surface area contributed by atoms with Crippen LogP contribution in [0.3, 0.4) is 0 Å².